The molecular weight excluding hydrogens is 520 g/mol. The second-order valence-electron chi connectivity index (χ2n) is 9.91. The van der Waals surface area contributed by atoms with Crippen molar-refractivity contribution in [2.45, 2.75) is 63.6 Å². The molecule has 4 rings (SSSR count). The molecule has 0 aromatic heterocycles. The normalized spacial score (nSPS) is 24.1. The maximum Gasteiger partial charge on any atom is 0.184 e. The van der Waals surface area contributed by atoms with Gasteiger partial charge in [0.2, 0.25) is 0 Å². The minimum atomic E-state index is -1.33. The van der Waals surface area contributed by atoms with Crippen LogP contribution in [0.4, 0.5) is 0 Å². The van der Waals surface area contributed by atoms with Gasteiger partial charge < -0.3 is 33.9 Å². The van der Waals surface area contributed by atoms with Gasteiger partial charge in [0, 0.05) is 5.92 Å². The number of benzene rings is 3. The number of hydrogen-bond donors (Lipinski definition) is 2. The second-order valence-corrected chi connectivity index (χ2v) is 9.91. The molecule has 1 saturated heterocycles. The van der Waals surface area contributed by atoms with Crippen molar-refractivity contribution in [2.24, 2.45) is 5.92 Å². The van der Waals surface area contributed by atoms with Crippen LogP contribution in [0.15, 0.2) is 116 Å². The van der Waals surface area contributed by atoms with E-state index in [1.165, 1.54) is 6.26 Å². The van der Waals surface area contributed by atoms with Gasteiger partial charge in [0.15, 0.2) is 6.29 Å². The Morgan fingerprint density at radius 2 is 1.22 bits per heavy atom. The fourth-order valence-electron chi connectivity index (χ4n) is 4.95. The van der Waals surface area contributed by atoms with E-state index in [9.17, 15) is 10.2 Å². The van der Waals surface area contributed by atoms with Gasteiger partial charge >= 0.3 is 0 Å². The average Bonchev–Trinajstić information content (AvgIpc) is 3.02. The Bertz CT molecular complexity index is 1170. The summed E-state index contributed by atoms with van der Waals surface area (Å²) < 4.78 is 31.4. The molecule has 0 amide bonds. The molecule has 2 N–H and O–H groups in total. The van der Waals surface area contributed by atoms with Gasteiger partial charge in [-0.15, -0.1) is 6.58 Å². The highest BCUT2D eigenvalue weighted by molar-refractivity contribution is 5.16. The largest absolute Gasteiger partial charge is 0.495 e. The van der Waals surface area contributed by atoms with E-state index in [1.807, 2.05) is 97.9 Å². The second kappa shape index (κ2) is 16.2. The van der Waals surface area contributed by atoms with Crippen molar-refractivity contribution in [3.8, 4) is 0 Å². The summed E-state index contributed by atoms with van der Waals surface area (Å²) >= 11 is 0. The highest BCUT2D eigenvalue weighted by Gasteiger charge is 2.51. The molecule has 1 aliphatic heterocycles. The zero-order valence-electron chi connectivity index (χ0n) is 23.4. The topological polar surface area (TPSA) is 86.6 Å². The van der Waals surface area contributed by atoms with E-state index in [4.69, 9.17) is 23.7 Å². The maximum atomic E-state index is 11.3. The average molecular weight is 561 g/mol. The molecule has 0 aliphatic carbocycles. The van der Waals surface area contributed by atoms with Crippen LogP contribution < -0.4 is 0 Å². The highest BCUT2D eigenvalue weighted by atomic mass is 16.7. The van der Waals surface area contributed by atoms with Crippen molar-refractivity contribution < 1.29 is 33.9 Å². The molecule has 0 saturated carbocycles. The van der Waals surface area contributed by atoms with Gasteiger partial charge in [0.1, 0.15) is 24.4 Å². The lowest BCUT2D eigenvalue weighted by molar-refractivity contribution is -0.320. The summed E-state index contributed by atoms with van der Waals surface area (Å²) in [6.45, 7) is 6.35. The van der Waals surface area contributed by atoms with Crippen molar-refractivity contribution >= 4 is 0 Å². The molecule has 41 heavy (non-hydrogen) atoms. The standard InChI is InChI=1S/C34H40O7/c1-3-20-37-29(21-35)28(4-2)30-31(38-22-25-14-8-5-9-15-25)32(39-23-26-16-10-6-11-17-26)33(34(36)41-30)40-24-27-18-12-7-13-19-27/h3-20,28-36H,2,21-24H2,1H3/b20-3+/t28-,29-,30-,31-,32+,33+,34+/m1/s1. The summed E-state index contributed by atoms with van der Waals surface area (Å²) in [5.41, 5.74) is 2.90. The Hall–Kier alpha value is -3.30. The molecule has 1 fully saturated rings. The van der Waals surface area contributed by atoms with Crippen molar-refractivity contribution in [2.75, 3.05) is 6.61 Å². The number of rotatable bonds is 15. The minimum Gasteiger partial charge on any atom is -0.495 e. The number of aliphatic hydroxyl groups is 2. The Balaban J connectivity index is 1.67. The summed E-state index contributed by atoms with van der Waals surface area (Å²) in [6.07, 6.45) is -0.122. The van der Waals surface area contributed by atoms with E-state index in [-0.39, 0.29) is 26.4 Å². The van der Waals surface area contributed by atoms with Crippen LogP contribution in [0, 0.1) is 5.92 Å². The first kappa shape index (κ1) is 30.7. The zero-order chi connectivity index (χ0) is 28.9. The molecule has 1 aliphatic rings. The fourth-order valence-corrected chi connectivity index (χ4v) is 4.95. The van der Waals surface area contributed by atoms with Crippen LogP contribution >= 0.6 is 0 Å². The van der Waals surface area contributed by atoms with Crippen molar-refractivity contribution in [3.05, 3.63) is 133 Å². The van der Waals surface area contributed by atoms with E-state index >= 15 is 0 Å². The third-order valence-electron chi connectivity index (χ3n) is 7.06. The maximum absolute atomic E-state index is 11.3. The van der Waals surface area contributed by atoms with Crippen molar-refractivity contribution in [3.63, 3.8) is 0 Å². The lowest BCUT2D eigenvalue weighted by Crippen LogP contribution is -2.62. The van der Waals surface area contributed by atoms with Crippen molar-refractivity contribution in [1.82, 2.24) is 0 Å². The molecule has 0 unspecified atom stereocenters. The van der Waals surface area contributed by atoms with Gasteiger partial charge in [-0.25, -0.2) is 0 Å². The van der Waals surface area contributed by atoms with E-state index in [0.717, 1.165) is 16.7 Å². The molecule has 218 valence electrons. The fraction of sp³-hybridized carbons (Fsp3) is 0.353. The molecule has 0 spiro atoms. The molecule has 7 atom stereocenters. The molecule has 1 heterocycles. The molecule has 7 nitrogen and oxygen atoms in total. The van der Waals surface area contributed by atoms with Crippen LogP contribution in [0.2, 0.25) is 0 Å². The smallest absolute Gasteiger partial charge is 0.184 e. The van der Waals surface area contributed by atoms with Gasteiger partial charge in [-0.1, -0.05) is 103 Å². The van der Waals surface area contributed by atoms with E-state index < -0.39 is 42.7 Å². The Kier molecular flexibility index (Phi) is 12.1. The van der Waals surface area contributed by atoms with Crippen LogP contribution in [0.25, 0.3) is 0 Å². The minimum absolute atomic E-state index is 0.252. The predicted molar refractivity (Wildman–Crippen MR) is 156 cm³/mol. The zero-order valence-corrected chi connectivity index (χ0v) is 23.4. The number of ether oxygens (including phenoxy) is 5. The first-order valence-electron chi connectivity index (χ1n) is 13.9. The van der Waals surface area contributed by atoms with Crippen LogP contribution in [0.5, 0.6) is 0 Å². The summed E-state index contributed by atoms with van der Waals surface area (Å²) in [7, 11) is 0. The molecule has 7 heteroatoms. The third kappa shape index (κ3) is 8.60. The third-order valence-corrected chi connectivity index (χ3v) is 7.06. The SMILES string of the molecule is C=C[C@@H]([C@H]1O[C@H](O)[C@@H](OCc2ccccc2)[C@@H](OCc2ccccc2)[C@@H]1OCc1ccccc1)[C@@H](CO)O/C=C/C. The monoisotopic (exact) mass is 560 g/mol. The van der Waals surface area contributed by atoms with Crippen LogP contribution in [0.3, 0.4) is 0 Å². The Morgan fingerprint density at radius 1 is 0.756 bits per heavy atom. The van der Waals surface area contributed by atoms with Crippen LogP contribution in [0.1, 0.15) is 23.6 Å². The van der Waals surface area contributed by atoms with E-state index in [2.05, 4.69) is 6.58 Å². The highest BCUT2D eigenvalue weighted by Crippen LogP contribution is 2.35. The van der Waals surface area contributed by atoms with Gasteiger partial charge in [0.05, 0.1) is 38.8 Å². The Morgan fingerprint density at radius 3 is 1.66 bits per heavy atom. The lowest BCUT2D eigenvalue weighted by atomic mass is 9.86. The first-order chi connectivity index (χ1) is 20.1. The number of aliphatic hydroxyl groups excluding tert-OH is 2. The molecular formula is C34H40O7. The van der Waals surface area contributed by atoms with Crippen LogP contribution in [-0.4, -0.2) is 53.6 Å². The Labute approximate surface area is 242 Å². The first-order valence-corrected chi connectivity index (χ1v) is 13.9. The van der Waals surface area contributed by atoms with Gasteiger partial charge in [-0.2, -0.15) is 0 Å². The number of hydrogen-bond acceptors (Lipinski definition) is 7. The quantitative estimate of drug-likeness (QED) is 0.196. The molecule has 3 aromatic rings. The summed E-state index contributed by atoms with van der Waals surface area (Å²) in [4.78, 5) is 0. The molecule has 3 aromatic carbocycles. The predicted octanol–water partition coefficient (Wildman–Crippen LogP) is 5.17. The summed E-state index contributed by atoms with van der Waals surface area (Å²) in [5.74, 6) is -0.537. The van der Waals surface area contributed by atoms with Gasteiger partial charge in [-0.05, 0) is 23.6 Å². The van der Waals surface area contributed by atoms with E-state index in [1.54, 1.807) is 12.2 Å². The van der Waals surface area contributed by atoms with Gasteiger partial charge in [0.25, 0.3) is 0 Å². The van der Waals surface area contributed by atoms with E-state index in [0.29, 0.717) is 0 Å². The lowest BCUT2D eigenvalue weighted by Gasteiger charge is -2.47. The molecule has 0 bridgehead atoms. The van der Waals surface area contributed by atoms with Gasteiger partial charge in [-0.3, -0.25) is 0 Å². The summed E-state index contributed by atoms with van der Waals surface area (Å²) in [6, 6.07) is 29.3. The summed E-state index contributed by atoms with van der Waals surface area (Å²) in [5, 5.41) is 21.5. The molecule has 0 radical (unpaired) electrons. The number of allylic oxidation sites excluding steroid dienone is 1. The van der Waals surface area contributed by atoms with Crippen molar-refractivity contribution in [1.29, 1.82) is 0 Å². The van der Waals surface area contributed by atoms with Crippen LogP contribution in [-0.2, 0) is 43.5 Å².